The molecule has 0 unspecified atom stereocenters. The second-order valence-corrected chi connectivity index (χ2v) is 11.6. The summed E-state index contributed by atoms with van der Waals surface area (Å²) in [6.45, 7) is 7.13. The highest BCUT2D eigenvalue weighted by Crippen LogP contribution is 2.53. The van der Waals surface area contributed by atoms with Crippen LogP contribution in [0.1, 0.15) is 50.8 Å². The number of benzene rings is 1. The van der Waals surface area contributed by atoms with Gasteiger partial charge in [0.2, 0.25) is 5.78 Å². The second-order valence-electron chi connectivity index (χ2n) is 11.6. The zero-order valence-electron chi connectivity index (χ0n) is 22.7. The first-order valence-electron chi connectivity index (χ1n) is 12.5. The smallest absolute Gasteiger partial charge is 0.255 e. The van der Waals surface area contributed by atoms with Gasteiger partial charge in [-0.2, -0.15) is 0 Å². The predicted molar refractivity (Wildman–Crippen MR) is 142 cm³/mol. The molecular weight excluding hydrogens is 508 g/mol. The number of hydrogen-bond acceptors (Lipinski definition) is 11. The third-order valence-electron chi connectivity index (χ3n) is 7.60. The Balaban J connectivity index is 1.96. The fourth-order valence-electron chi connectivity index (χ4n) is 5.91. The van der Waals surface area contributed by atoms with Crippen LogP contribution in [0.3, 0.4) is 0 Å². The van der Waals surface area contributed by atoms with Crippen molar-refractivity contribution in [2.75, 3.05) is 19.8 Å². The number of nitrogens with zero attached hydrogens (tertiary/aromatic N) is 2. The number of rotatable bonds is 4. The molecule has 210 valence electrons. The standard InChI is InChI=1S/C27H34N4O8/c1-10(30-39-26(2,3)4)12-9-15(28)20(32)17-13(12)7-11-8-14-19(31(5)6)22(34)18(25(29)37)24(36)27(14,38)23(35)16(11)21(17)33/h9,11,14,19,32-33,36,38H,7-8,28H2,1-6H3,(H2,29,37)/b30-10-/t11-,14-,19-,27-/m0/s1. The lowest BCUT2D eigenvalue weighted by Gasteiger charge is -2.50. The van der Waals surface area contributed by atoms with Crippen molar-refractivity contribution in [2.45, 2.75) is 57.8 Å². The third-order valence-corrected chi connectivity index (χ3v) is 7.60. The Hall–Kier alpha value is -3.90. The molecule has 3 aliphatic rings. The molecule has 0 aliphatic heterocycles. The molecule has 8 N–H and O–H groups in total. The number of aliphatic hydroxyl groups is 3. The van der Waals surface area contributed by atoms with Gasteiger partial charge in [0.1, 0.15) is 28.4 Å². The molecule has 1 saturated carbocycles. The average molecular weight is 543 g/mol. The molecule has 1 aromatic rings. The molecule has 4 rings (SSSR count). The van der Waals surface area contributed by atoms with E-state index in [-0.39, 0.29) is 29.7 Å². The van der Waals surface area contributed by atoms with Crippen LogP contribution >= 0.6 is 0 Å². The maximum atomic E-state index is 13.9. The number of nitrogens with two attached hydrogens (primary N) is 2. The van der Waals surface area contributed by atoms with E-state index >= 15 is 0 Å². The monoisotopic (exact) mass is 542 g/mol. The zero-order valence-corrected chi connectivity index (χ0v) is 22.7. The van der Waals surface area contributed by atoms with Crippen LogP contribution in [-0.2, 0) is 25.6 Å². The number of likely N-dealkylation sites (N-methyl/N-ethyl adjacent to an activating group) is 1. The van der Waals surface area contributed by atoms with Crippen molar-refractivity contribution in [3.8, 4) is 5.75 Å². The van der Waals surface area contributed by atoms with E-state index in [0.717, 1.165) is 0 Å². The number of oxime groups is 1. The van der Waals surface area contributed by atoms with Crippen molar-refractivity contribution in [3.05, 3.63) is 39.7 Å². The van der Waals surface area contributed by atoms with Crippen LogP contribution in [0, 0.1) is 11.8 Å². The van der Waals surface area contributed by atoms with Gasteiger partial charge >= 0.3 is 0 Å². The highest BCUT2D eigenvalue weighted by Gasteiger charge is 2.64. The van der Waals surface area contributed by atoms with Gasteiger partial charge in [0.15, 0.2) is 11.4 Å². The van der Waals surface area contributed by atoms with E-state index in [1.165, 1.54) is 11.0 Å². The molecule has 39 heavy (non-hydrogen) atoms. The molecule has 12 nitrogen and oxygen atoms in total. The maximum absolute atomic E-state index is 13.9. The van der Waals surface area contributed by atoms with E-state index in [1.54, 1.807) is 21.0 Å². The number of hydrogen-bond donors (Lipinski definition) is 6. The van der Waals surface area contributed by atoms with Gasteiger partial charge in [-0.15, -0.1) is 0 Å². The van der Waals surface area contributed by atoms with Gasteiger partial charge in [0.05, 0.1) is 23.0 Å². The lowest BCUT2D eigenvalue weighted by molar-refractivity contribution is -0.153. The van der Waals surface area contributed by atoms with Crippen LogP contribution < -0.4 is 11.5 Å². The minimum absolute atomic E-state index is 0.0228. The van der Waals surface area contributed by atoms with Gasteiger partial charge in [0, 0.05) is 17.1 Å². The second kappa shape index (κ2) is 9.09. The number of phenolic OH excluding ortho intramolecular Hbond substituents is 1. The minimum Gasteiger partial charge on any atom is -0.508 e. The van der Waals surface area contributed by atoms with Gasteiger partial charge < -0.3 is 36.7 Å². The number of aromatic hydroxyl groups is 1. The third kappa shape index (κ3) is 4.14. The summed E-state index contributed by atoms with van der Waals surface area (Å²) < 4.78 is 0. The van der Waals surface area contributed by atoms with Crippen molar-refractivity contribution in [1.82, 2.24) is 4.90 Å². The molecule has 1 aromatic carbocycles. The Labute approximate surface area is 225 Å². The van der Waals surface area contributed by atoms with E-state index in [2.05, 4.69) is 5.16 Å². The number of anilines is 1. The largest absolute Gasteiger partial charge is 0.508 e. The Kier molecular flexibility index (Phi) is 6.56. The molecule has 12 heteroatoms. The SMILES string of the molecule is C/C(=N/OC(C)(C)C)c1cc(N)c(O)c2c1C[C@H]1C[C@H]3[C@H](N(C)C)C(=O)C(C(N)=O)=C(O)[C@@]3(O)C(=O)C1=C2O. The van der Waals surface area contributed by atoms with Crippen LogP contribution in [0.4, 0.5) is 5.69 Å². The number of carbonyl (C=O) groups is 3. The first-order valence-corrected chi connectivity index (χ1v) is 12.5. The molecule has 0 bridgehead atoms. The number of phenols is 1. The van der Waals surface area contributed by atoms with Crippen molar-refractivity contribution in [3.63, 3.8) is 0 Å². The van der Waals surface area contributed by atoms with Gasteiger partial charge in [0.25, 0.3) is 5.91 Å². The van der Waals surface area contributed by atoms with Crippen LogP contribution in [0.5, 0.6) is 5.75 Å². The van der Waals surface area contributed by atoms with Crippen molar-refractivity contribution in [1.29, 1.82) is 0 Å². The van der Waals surface area contributed by atoms with Gasteiger partial charge in [-0.25, -0.2) is 0 Å². The molecule has 0 radical (unpaired) electrons. The first kappa shape index (κ1) is 28.1. The average Bonchev–Trinajstić information content (AvgIpc) is 2.81. The molecule has 0 saturated heterocycles. The summed E-state index contributed by atoms with van der Waals surface area (Å²) in [5.41, 5.74) is 8.12. The predicted octanol–water partition coefficient (Wildman–Crippen LogP) is 1.09. The summed E-state index contributed by atoms with van der Waals surface area (Å²) in [7, 11) is 3.09. The normalized spacial score (nSPS) is 27.4. The van der Waals surface area contributed by atoms with E-state index in [9.17, 15) is 34.8 Å². The molecule has 1 fully saturated rings. The van der Waals surface area contributed by atoms with Crippen LogP contribution in [0.15, 0.2) is 28.1 Å². The summed E-state index contributed by atoms with van der Waals surface area (Å²) in [6, 6.07) is 0.337. The maximum Gasteiger partial charge on any atom is 0.255 e. The number of aliphatic hydroxyl groups excluding tert-OH is 2. The van der Waals surface area contributed by atoms with E-state index in [0.29, 0.717) is 16.8 Å². The molecule has 1 amide bonds. The topological polar surface area (TPSA) is 209 Å². The Bertz CT molecular complexity index is 1400. The lowest BCUT2D eigenvalue weighted by atomic mass is 9.57. The number of ketones is 2. The number of amides is 1. The first-order chi connectivity index (χ1) is 17.9. The van der Waals surface area contributed by atoms with E-state index in [4.69, 9.17) is 16.3 Å². The van der Waals surface area contributed by atoms with Gasteiger partial charge in [-0.1, -0.05) is 5.16 Å². The highest BCUT2D eigenvalue weighted by atomic mass is 16.6. The molecule has 3 aliphatic carbocycles. The molecule has 0 aromatic heterocycles. The molecular formula is C27H34N4O8. The fourth-order valence-corrected chi connectivity index (χ4v) is 5.91. The van der Waals surface area contributed by atoms with E-state index in [1.807, 2.05) is 20.8 Å². The van der Waals surface area contributed by atoms with Gasteiger partial charge in [-0.3, -0.25) is 19.3 Å². The lowest BCUT2D eigenvalue weighted by Crippen LogP contribution is -2.65. The summed E-state index contributed by atoms with van der Waals surface area (Å²) >= 11 is 0. The summed E-state index contributed by atoms with van der Waals surface area (Å²) in [5, 5.41) is 49.0. The van der Waals surface area contributed by atoms with Crippen molar-refractivity contribution >= 4 is 34.6 Å². The van der Waals surface area contributed by atoms with E-state index < -0.39 is 69.4 Å². The Morgan fingerprint density at radius 1 is 1.21 bits per heavy atom. The number of fused-ring (bicyclic) bond motifs is 3. The quantitative estimate of drug-likeness (QED) is 0.105. The summed E-state index contributed by atoms with van der Waals surface area (Å²) in [6.07, 6.45) is 0.0884. The molecule has 0 spiro atoms. The number of nitrogen functional groups attached to an aromatic ring is 1. The number of carbonyl (C=O) groups excluding carboxylic acids is 3. The number of primary amides is 1. The highest BCUT2D eigenvalue weighted by molar-refractivity contribution is 6.24. The molecule has 4 atom stereocenters. The number of Topliss-reactive ketones (excluding diaryl/α,β-unsaturated/α-hetero) is 2. The van der Waals surface area contributed by atoms with Crippen LogP contribution in [0.2, 0.25) is 0 Å². The fraction of sp³-hybridized carbons (Fsp3) is 0.481. The minimum atomic E-state index is -2.71. The van der Waals surface area contributed by atoms with Gasteiger partial charge in [-0.05, 0) is 72.2 Å². The Morgan fingerprint density at radius 2 is 1.82 bits per heavy atom. The zero-order chi connectivity index (χ0) is 29.4. The summed E-state index contributed by atoms with van der Waals surface area (Å²) in [4.78, 5) is 46.2. The van der Waals surface area contributed by atoms with Crippen LogP contribution in [-0.4, -0.2) is 79.9 Å². The summed E-state index contributed by atoms with van der Waals surface area (Å²) in [5.74, 6) is -7.30. The van der Waals surface area contributed by atoms with Crippen molar-refractivity contribution in [2.24, 2.45) is 22.7 Å². The van der Waals surface area contributed by atoms with Crippen LogP contribution in [0.25, 0.3) is 5.76 Å². The Morgan fingerprint density at radius 3 is 2.36 bits per heavy atom. The molecule has 0 heterocycles. The van der Waals surface area contributed by atoms with Crippen molar-refractivity contribution < 1.29 is 39.6 Å².